The normalized spacial score (nSPS) is 13.2. The quantitative estimate of drug-likeness (QED) is 0.393. The Morgan fingerprint density at radius 3 is 2.62 bits per heavy atom. The molecule has 1 nitrogen and oxygen atoms in total. The summed E-state index contributed by atoms with van der Waals surface area (Å²) in [6.07, 6.45) is -0.00637. The van der Waals surface area contributed by atoms with Gasteiger partial charge in [0.25, 0.3) is 0 Å². The highest BCUT2D eigenvalue weighted by atomic mass is 19.4. The van der Waals surface area contributed by atoms with Crippen LogP contribution in [0.5, 0.6) is 0 Å². The molecule has 0 amide bonds. The zero-order valence-corrected chi connectivity index (χ0v) is 12.1. The van der Waals surface area contributed by atoms with E-state index in [2.05, 4.69) is 11.9 Å². The van der Waals surface area contributed by atoms with Gasteiger partial charge in [0.15, 0.2) is 0 Å². The molecule has 0 aliphatic carbocycles. The molecule has 0 aliphatic rings. The van der Waals surface area contributed by atoms with Gasteiger partial charge in [-0.2, -0.15) is 13.2 Å². The van der Waals surface area contributed by atoms with E-state index < -0.39 is 23.6 Å². The van der Waals surface area contributed by atoms with E-state index >= 15 is 0 Å². The average molecular weight is 303 g/mol. The van der Waals surface area contributed by atoms with Gasteiger partial charge in [-0.05, 0) is 56.0 Å². The zero-order valence-electron chi connectivity index (χ0n) is 12.1. The smallest absolute Gasteiger partial charge is 0.310 e. The van der Waals surface area contributed by atoms with Crippen LogP contribution in [0.4, 0.5) is 17.6 Å². The van der Waals surface area contributed by atoms with E-state index in [1.54, 1.807) is 6.08 Å². The van der Waals surface area contributed by atoms with E-state index in [4.69, 9.17) is 0 Å². The van der Waals surface area contributed by atoms with Crippen molar-refractivity contribution >= 4 is 0 Å². The minimum absolute atomic E-state index is 0.0139. The van der Waals surface area contributed by atoms with Crippen molar-refractivity contribution in [2.75, 3.05) is 6.54 Å². The number of rotatable bonds is 8. The monoisotopic (exact) mass is 303 g/mol. The molecule has 5 heteroatoms. The molecule has 0 fully saturated rings. The van der Waals surface area contributed by atoms with Crippen LogP contribution in [-0.4, -0.2) is 6.54 Å². The van der Waals surface area contributed by atoms with Gasteiger partial charge in [-0.3, -0.25) is 0 Å². The fourth-order valence-electron chi connectivity index (χ4n) is 2.23. The number of unbranched alkanes of at least 4 members (excludes halogenated alkanes) is 1. The van der Waals surface area contributed by atoms with Gasteiger partial charge in [0.2, 0.25) is 0 Å². The Hall–Kier alpha value is -1.36. The second-order valence-corrected chi connectivity index (χ2v) is 4.96. The van der Waals surface area contributed by atoms with Gasteiger partial charge < -0.3 is 5.32 Å². The first-order valence-corrected chi connectivity index (χ1v) is 7.11. The molecule has 21 heavy (non-hydrogen) atoms. The van der Waals surface area contributed by atoms with Crippen molar-refractivity contribution in [3.8, 4) is 0 Å². The third kappa shape index (κ3) is 5.50. The van der Waals surface area contributed by atoms with Crippen LogP contribution in [0.3, 0.4) is 0 Å². The molecule has 0 bridgehead atoms. The van der Waals surface area contributed by atoms with E-state index in [0.29, 0.717) is 19.4 Å². The average Bonchev–Trinajstić information content (AvgIpc) is 2.41. The second-order valence-electron chi connectivity index (χ2n) is 4.96. The SMILES string of the molecule is C=CCCCC(NCCC)c1cc(F)ccc1C(F)(F)F. The molecule has 1 unspecified atom stereocenters. The largest absolute Gasteiger partial charge is 0.416 e. The number of hydrogen-bond donors (Lipinski definition) is 1. The molecule has 1 aromatic carbocycles. The molecule has 0 saturated carbocycles. The van der Waals surface area contributed by atoms with Crippen LogP contribution in [0.1, 0.15) is 49.8 Å². The topological polar surface area (TPSA) is 12.0 Å². The molecule has 0 saturated heterocycles. The van der Waals surface area contributed by atoms with Crippen LogP contribution in [-0.2, 0) is 6.18 Å². The minimum atomic E-state index is -4.48. The number of benzene rings is 1. The number of halogens is 4. The molecule has 1 N–H and O–H groups in total. The molecule has 118 valence electrons. The standard InChI is InChI=1S/C16H21F4N/c1-3-5-6-7-15(21-10-4-2)13-11-12(17)8-9-14(13)16(18,19)20/h3,8-9,11,15,21H,1,4-7,10H2,2H3. The lowest BCUT2D eigenvalue weighted by molar-refractivity contribution is -0.138. The van der Waals surface area contributed by atoms with E-state index in [1.165, 1.54) is 0 Å². The number of allylic oxidation sites excluding steroid dienone is 1. The Balaban J connectivity index is 3.08. The maximum Gasteiger partial charge on any atom is 0.416 e. The van der Waals surface area contributed by atoms with Crippen molar-refractivity contribution in [2.24, 2.45) is 0 Å². The highest BCUT2D eigenvalue weighted by Crippen LogP contribution is 2.36. The maximum atomic E-state index is 13.4. The zero-order chi connectivity index (χ0) is 15.9. The number of nitrogens with one attached hydrogen (secondary N) is 1. The van der Waals surface area contributed by atoms with Crippen molar-refractivity contribution < 1.29 is 17.6 Å². The molecule has 1 atom stereocenters. The first-order valence-electron chi connectivity index (χ1n) is 7.11. The van der Waals surface area contributed by atoms with Crippen LogP contribution >= 0.6 is 0 Å². The third-order valence-electron chi connectivity index (χ3n) is 3.24. The Kier molecular flexibility index (Phi) is 6.89. The number of alkyl halides is 3. The molecular formula is C16H21F4N. The maximum absolute atomic E-state index is 13.4. The summed E-state index contributed by atoms with van der Waals surface area (Å²) >= 11 is 0. The summed E-state index contributed by atoms with van der Waals surface area (Å²) in [5.41, 5.74) is -0.781. The summed E-state index contributed by atoms with van der Waals surface area (Å²) in [4.78, 5) is 0. The summed E-state index contributed by atoms with van der Waals surface area (Å²) in [5.74, 6) is -0.648. The van der Waals surface area contributed by atoms with Crippen molar-refractivity contribution in [3.63, 3.8) is 0 Å². The van der Waals surface area contributed by atoms with Gasteiger partial charge in [0.05, 0.1) is 5.56 Å². The molecule has 0 spiro atoms. The summed E-state index contributed by atoms with van der Waals surface area (Å²) < 4.78 is 52.6. The molecule has 0 heterocycles. The summed E-state index contributed by atoms with van der Waals surface area (Å²) in [7, 11) is 0. The van der Waals surface area contributed by atoms with Crippen molar-refractivity contribution in [1.82, 2.24) is 5.32 Å². The Morgan fingerprint density at radius 1 is 1.33 bits per heavy atom. The van der Waals surface area contributed by atoms with Crippen molar-refractivity contribution in [2.45, 2.75) is 44.8 Å². The molecule has 0 radical (unpaired) electrons. The summed E-state index contributed by atoms with van der Waals surface area (Å²) in [5, 5.41) is 3.08. The van der Waals surface area contributed by atoms with E-state index in [0.717, 1.165) is 31.0 Å². The lowest BCUT2D eigenvalue weighted by Gasteiger charge is -2.23. The Morgan fingerprint density at radius 2 is 2.05 bits per heavy atom. The van der Waals surface area contributed by atoms with Gasteiger partial charge in [0, 0.05) is 6.04 Å². The van der Waals surface area contributed by atoms with Gasteiger partial charge >= 0.3 is 6.18 Å². The predicted octanol–water partition coefficient (Wildman–Crippen LogP) is 5.24. The van der Waals surface area contributed by atoms with Crippen LogP contribution < -0.4 is 5.32 Å². The minimum Gasteiger partial charge on any atom is -0.310 e. The van der Waals surface area contributed by atoms with Crippen LogP contribution in [0.25, 0.3) is 0 Å². The van der Waals surface area contributed by atoms with Crippen molar-refractivity contribution in [1.29, 1.82) is 0 Å². The summed E-state index contributed by atoms with van der Waals surface area (Å²) in [6, 6.07) is 2.16. The highest BCUT2D eigenvalue weighted by Gasteiger charge is 2.35. The predicted molar refractivity (Wildman–Crippen MR) is 76.5 cm³/mol. The first kappa shape index (κ1) is 17.7. The summed E-state index contributed by atoms with van der Waals surface area (Å²) in [6.45, 7) is 6.13. The molecule has 1 aromatic rings. The van der Waals surface area contributed by atoms with E-state index in [1.807, 2.05) is 6.92 Å². The van der Waals surface area contributed by atoms with E-state index in [9.17, 15) is 17.6 Å². The molecule has 0 aliphatic heterocycles. The van der Waals surface area contributed by atoms with Crippen LogP contribution in [0, 0.1) is 5.82 Å². The molecule has 0 aromatic heterocycles. The first-order chi connectivity index (χ1) is 9.90. The van der Waals surface area contributed by atoms with E-state index in [-0.39, 0.29) is 5.56 Å². The van der Waals surface area contributed by atoms with Gasteiger partial charge in [-0.25, -0.2) is 4.39 Å². The van der Waals surface area contributed by atoms with Gasteiger partial charge in [-0.15, -0.1) is 6.58 Å². The van der Waals surface area contributed by atoms with Crippen molar-refractivity contribution in [3.05, 3.63) is 47.8 Å². The lowest BCUT2D eigenvalue weighted by atomic mass is 9.95. The van der Waals surface area contributed by atoms with Gasteiger partial charge in [0.1, 0.15) is 5.82 Å². The highest BCUT2D eigenvalue weighted by molar-refractivity contribution is 5.33. The molecule has 1 rings (SSSR count). The number of hydrogen-bond acceptors (Lipinski definition) is 1. The lowest BCUT2D eigenvalue weighted by Crippen LogP contribution is -2.25. The molecular weight excluding hydrogens is 282 g/mol. The van der Waals surface area contributed by atoms with Gasteiger partial charge in [-0.1, -0.05) is 13.0 Å². The van der Waals surface area contributed by atoms with Crippen LogP contribution in [0.2, 0.25) is 0 Å². The fourth-order valence-corrected chi connectivity index (χ4v) is 2.23. The Labute approximate surface area is 123 Å². The fraction of sp³-hybridized carbons (Fsp3) is 0.500. The second kappa shape index (κ2) is 8.17. The van der Waals surface area contributed by atoms with Crippen LogP contribution in [0.15, 0.2) is 30.9 Å². The third-order valence-corrected chi connectivity index (χ3v) is 3.24. The Bertz CT molecular complexity index is 454.